The van der Waals surface area contributed by atoms with E-state index in [0.717, 1.165) is 10.7 Å². The summed E-state index contributed by atoms with van der Waals surface area (Å²) >= 11 is 1.53. The lowest BCUT2D eigenvalue weighted by atomic mass is 10.0. The number of nitrogens with one attached hydrogen (secondary N) is 1. The van der Waals surface area contributed by atoms with Crippen molar-refractivity contribution in [1.29, 1.82) is 0 Å². The monoisotopic (exact) mass is 268 g/mol. The number of aromatic nitrogens is 1. The Labute approximate surface area is 109 Å². The van der Waals surface area contributed by atoms with Gasteiger partial charge in [0.25, 0.3) is 0 Å². The molecular weight excluding hydrogens is 254 g/mol. The van der Waals surface area contributed by atoms with Gasteiger partial charge in [-0.3, -0.25) is 0 Å². The van der Waals surface area contributed by atoms with Crippen molar-refractivity contribution in [2.24, 2.45) is 0 Å². The van der Waals surface area contributed by atoms with Crippen LogP contribution in [0.2, 0.25) is 0 Å². The quantitative estimate of drug-likeness (QED) is 0.921. The van der Waals surface area contributed by atoms with Gasteiger partial charge in [-0.25, -0.2) is 13.8 Å². The number of likely N-dealkylation sites (N-methyl/N-ethyl adjacent to an activating group) is 1. The van der Waals surface area contributed by atoms with Gasteiger partial charge in [-0.15, -0.1) is 11.3 Å². The molecule has 2 nitrogen and oxygen atoms in total. The number of halogens is 2. The van der Waals surface area contributed by atoms with Gasteiger partial charge in [0.2, 0.25) is 0 Å². The smallest absolute Gasteiger partial charge is 0.130 e. The van der Waals surface area contributed by atoms with Crippen molar-refractivity contribution >= 4 is 11.3 Å². The van der Waals surface area contributed by atoms with Crippen LogP contribution in [0.4, 0.5) is 8.78 Å². The number of benzene rings is 1. The van der Waals surface area contributed by atoms with Crippen LogP contribution in [0.3, 0.4) is 0 Å². The van der Waals surface area contributed by atoms with E-state index in [0.29, 0.717) is 6.42 Å². The maximum Gasteiger partial charge on any atom is 0.130 e. The zero-order chi connectivity index (χ0) is 13.1. The molecule has 0 aliphatic heterocycles. The van der Waals surface area contributed by atoms with Crippen molar-refractivity contribution in [3.63, 3.8) is 0 Å². The van der Waals surface area contributed by atoms with Crippen LogP contribution < -0.4 is 5.32 Å². The lowest BCUT2D eigenvalue weighted by Gasteiger charge is -2.17. The average Bonchev–Trinajstić information content (AvgIpc) is 2.73. The molecule has 0 aliphatic rings. The van der Waals surface area contributed by atoms with Crippen LogP contribution in [0.5, 0.6) is 0 Å². The van der Waals surface area contributed by atoms with Crippen molar-refractivity contribution < 1.29 is 8.78 Å². The third-order valence-corrected chi connectivity index (χ3v) is 3.60. The second kappa shape index (κ2) is 5.54. The molecule has 0 bridgehead atoms. The van der Waals surface area contributed by atoms with Crippen molar-refractivity contribution in [3.8, 4) is 0 Å². The van der Waals surface area contributed by atoms with Crippen LogP contribution in [-0.4, -0.2) is 12.0 Å². The predicted octanol–water partition coefficient (Wildman–Crippen LogP) is 3.23. The summed E-state index contributed by atoms with van der Waals surface area (Å²) in [5.41, 5.74) is 0.921. The van der Waals surface area contributed by atoms with Gasteiger partial charge in [0, 0.05) is 23.4 Å². The molecule has 18 heavy (non-hydrogen) atoms. The molecule has 1 N–H and O–H groups in total. The first-order valence-corrected chi connectivity index (χ1v) is 6.52. The number of aryl methyl sites for hydroxylation is 1. The summed E-state index contributed by atoms with van der Waals surface area (Å²) in [6.07, 6.45) is 0.471. The minimum atomic E-state index is -0.527. The molecule has 1 unspecified atom stereocenters. The van der Waals surface area contributed by atoms with Gasteiger partial charge in [0.05, 0.1) is 10.7 Å². The molecule has 1 heterocycles. The van der Waals surface area contributed by atoms with Gasteiger partial charge in [-0.2, -0.15) is 0 Å². The van der Waals surface area contributed by atoms with Gasteiger partial charge >= 0.3 is 0 Å². The minimum Gasteiger partial charge on any atom is -0.312 e. The molecule has 5 heteroatoms. The SMILES string of the molecule is CNC(Cc1csc(C)n1)c1c(F)cccc1F. The first-order chi connectivity index (χ1) is 8.61. The number of rotatable bonds is 4. The van der Waals surface area contributed by atoms with Gasteiger partial charge in [-0.05, 0) is 26.1 Å². The standard InChI is InChI=1S/C13H14F2N2S/c1-8-17-9(7-18-8)6-12(16-2)13-10(14)4-3-5-11(13)15/h3-5,7,12,16H,6H2,1-2H3. The minimum absolute atomic E-state index is 0.0747. The van der Waals surface area contributed by atoms with Crippen molar-refractivity contribution in [2.75, 3.05) is 7.05 Å². The summed E-state index contributed by atoms with van der Waals surface area (Å²) in [6.45, 7) is 1.91. The Morgan fingerprint density at radius 1 is 1.33 bits per heavy atom. The van der Waals surface area contributed by atoms with Crippen LogP contribution in [0, 0.1) is 18.6 Å². The maximum atomic E-state index is 13.7. The number of hydrogen-bond donors (Lipinski definition) is 1. The van der Waals surface area contributed by atoms with E-state index in [9.17, 15) is 8.78 Å². The Morgan fingerprint density at radius 2 is 2.00 bits per heavy atom. The van der Waals surface area contributed by atoms with E-state index in [1.165, 1.54) is 29.5 Å². The van der Waals surface area contributed by atoms with Gasteiger partial charge < -0.3 is 5.32 Å². The van der Waals surface area contributed by atoms with Crippen LogP contribution in [0.15, 0.2) is 23.6 Å². The van der Waals surface area contributed by atoms with E-state index in [-0.39, 0.29) is 5.56 Å². The second-order valence-corrected chi connectivity index (χ2v) is 5.10. The highest BCUT2D eigenvalue weighted by atomic mass is 32.1. The first kappa shape index (κ1) is 13.1. The highest BCUT2D eigenvalue weighted by Crippen LogP contribution is 2.24. The summed E-state index contributed by atoms with van der Waals surface area (Å²) in [5, 5.41) is 5.81. The van der Waals surface area contributed by atoms with Crippen molar-refractivity contribution in [1.82, 2.24) is 10.3 Å². The predicted molar refractivity (Wildman–Crippen MR) is 68.7 cm³/mol. The van der Waals surface area contributed by atoms with E-state index in [1.807, 2.05) is 12.3 Å². The molecule has 1 aromatic carbocycles. The Hall–Kier alpha value is -1.33. The lowest BCUT2D eigenvalue weighted by molar-refractivity contribution is 0.487. The third-order valence-electron chi connectivity index (χ3n) is 2.78. The summed E-state index contributed by atoms with van der Waals surface area (Å²) in [7, 11) is 1.69. The highest BCUT2D eigenvalue weighted by Gasteiger charge is 2.19. The number of thiazole rings is 1. The molecule has 0 radical (unpaired) electrons. The average molecular weight is 268 g/mol. The molecule has 1 atom stereocenters. The van der Waals surface area contributed by atoms with Crippen LogP contribution >= 0.6 is 11.3 Å². The second-order valence-electron chi connectivity index (χ2n) is 4.04. The molecule has 2 rings (SSSR count). The van der Waals surface area contributed by atoms with E-state index in [1.54, 1.807) is 7.05 Å². The first-order valence-electron chi connectivity index (χ1n) is 5.64. The summed E-state index contributed by atoms with van der Waals surface area (Å²) < 4.78 is 27.4. The molecule has 0 amide bonds. The molecular formula is C13H14F2N2S. The number of nitrogens with zero attached hydrogens (tertiary/aromatic N) is 1. The molecule has 96 valence electrons. The van der Waals surface area contributed by atoms with Crippen molar-refractivity contribution in [2.45, 2.75) is 19.4 Å². The Bertz CT molecular complexity index is 519. The summed E-state index contributed by atoms with van der Waals surface area (Å²) in [6, 6.07) is 3.51. The molecule has 0 saturated carbocycles. The van der Waals surface area contributed by atoms with Gasteiger partial charge in [0.1, 0.15) is 11.6 Å². The molecule has 0 aliphatic carbocycles. The zero-order valence-electron chi connectivity index (χ0n) is 10.2. The zero-order valence-corrected chi connectivity index (χ0v) is 11.0. The van der Waals surface area contributed by atoms with Crippen molar-refractivity contribution in [3.05, 3.63) is 51.5 Å². The normalized spacial score (nSPS) is 12.7. The van der Waals surface area contributed by atoms with E-state index >= 15 is 0 Å². The Balaban J connectivity index is 2.28. The van der Waals surface area contributed by atoms with Crippen LogP contribution in [0.1, 0.15) is 22.3 Å². The fourth-order valence-electron chi connectivity index (χ4n) is 1.90. The van der Waals surface area contributed by atoms with E-state index in [2.05, 4.69) is 10.3 Å². The van der Waals surface area contributed by atoms with Crippen LogP contribution in [0.25, 0.3) is 0 Å². The molecule has 0 spiro atoms. The fourth-order valence-corrected chi connectivity index (χ4v) is 2.53. The van der Waals surface area contributed by atoms with E-state index < -0.39 is 17.7 Å². The third kappa shape index (κ3) is 2.73. The van der Waals surface area contributed by atoms with Gasteiger partial charge in [-0.1, -0.05) is 6.07 Å². The largest absolute Gasteiger partial charge is 0.312 e. The summed E-state index contributed by atoms with van der Waals surface area (Å²) in [5.74, 6) is -1.05. The lowest BCUT2D eigenvalue weighted by Crippen LogP contribution is -2.21. The molecule has 0 fully saturated rings. The van der Waals surface area contributed by atoms with E-state index in [4.69, 9.17) is 0 Å². The molecule has 1 aromatic heterocycles. The summed E-state index contributed by atoms with van der Waals surface area (Å²) in [4.78, 5) is 4.32. The number of hydrogen-bond acceptors (Lipinski definition) is 3. The fraction of sp³-hybridized carbons (Fsp3) is 0.308. The maximum absolute atomic E-state index is 13.7. The molecule has 0 saturated heterocycles. The van der Waals surface area contributed by atoms with Crippen LogP contribution in [-0.2, 0) is 6.42 Å². The Kier molecular flexibility index (Phi) is 4.04. The van der Waals surface area contributed by atoms with Gasteiger partial charge in [0.15, 0.2) is 0 Å². The highest BCUT2D eigenvalue weighted by molar-refractivity contribution is 7.09. The Morgan fingerprint density at radius 3 is 2.50 bits per heavy atom. The molecule has 2 aromatic rings. The topological polar surface area (TPSA) is 24.9 Å².